The Kier molecular flexibility index (Phi) is 5.16. The number of aromatic nitrogens is 1. The van der Waals surface area contributed by atoms with Gasteiger partial charge in [0, 0.05) is 31.9 Å². The third kappa shape index (κ3) is 3.91. The molecule has 0 aliphatic carbocycles. The highest BCUT2D eigenvalue weighted by Crippen LogP contribution is 2.22. The van der Waals surface area contributed by atoms with Crippen molar-refractivity contribution in [3.05, 3.63) is 24.0 Å². The van der Waals surface area contributed by atoms with Crippen LogP contribution >= 0.6 is 0 Å². The first-order valence-corrected chi connectivity index (χ1v) is 7.23. The fourth-order valence-corrected chi connectivity index (χ4v) is 2.35. The molecule has 1 aromatic heterocycles. The zero-order chi connectivity index (χ0) is 13.7. The second-order valence-electron chi connectivity index (χ2n) is 5.39. The molecule has 1 atom stereocenters. The number of rotatable bonds is 5. The maximum atomic E-state index is 5.74. The third-order valence-electron chi connectivity index (χ3n) is 3.52. The number of nitrogens with zero attached hydrogens (tertiary/aromatic N) is 2. The summed E-state index contributed by atoms with van der Waals surface area (Å²) >= 11 is 0. The van der Waals surface area contributed by atoms with E-state index >= 15 is 0 Å². The summed E-state index contributed by atoms with van der Waals surface area (Å²) in [5.74, 6) is 0. The number of nitrogens with one attached hydrogen (secondary N) is 1. The largest absolute Gasteiger partial charge is 0.375 e. The topological polar surface area (TPSA) is 37.4 Å². The maximum Gasteiger partial charge on any atom is 0.0748 e. The molecule has 2 heterocycles. The Balaban J connectivity index is 2.09. The summed E-state index contributed by atoms with van der Waals surface area (Å²) in [6.07, 6.45) is 5.27. The minimum absolute atomic E-state index is 0.347. The number of pyridine rings is 1. The lowest BCUT2D eigenvalue weighted by molar-refractivity contribution is 0.0383. The highest BCUT2D eigenvalue weighted by molar-refractivity contribution is 5.52. The highest BCUT2D eigenvalue weighted by atomic mass is 16.5. The smallest absolute Gasteiger partial charge is 0.0748 e. The van der Waals surface area contributed by atoms with Gasteiger partial charge in [-0.25, -0.2) is 0 Å². The van der Waals surface area contributed by atoms with E-state index < -0.39 is 0 Å². The van der Waals surface area contributed by atoms with Crippen LogP contribution in [0.2, 0.25) is 0 Å². The molecule has 0 aromatic carbocycles. The quantitative estimate of drug-likeness (QED) is 0.883. The van der Waals surface area contributed by atoms with Crippen LogP contribution < -0.4 is 10.2 Å². The van der Waals surface area contributed by atoms with Crippen molar-refractivity contribution in [2.75, 3.05) is 24.6 Å². The summed E-state index contributed by atoms with van der Waals surface area (Å²) in [7, 11) is 0. The zero-order valence-electron chi connectivity index (χ0n) is 12.2. The molecule has 106 valence electrons. The maximum absolute atomic E-state index is 5.74. The molecular weight excluding hydrogens is 238 g/mol. The summed E-state index contributed by atoms with van der Waals surface area (Å²) in [4.78, 5) is 6.69. The Bertz CT molecular complexity index is 395. The van der Waals surface area contributed by atoms with Crippen molar-refractivity contribution in [2.24, 2.45) is 0 Å². The Morgan fingerprint density at radius 2 is 2.37 bits per heavy atom. The Labute approximate surface area is 116 Å². The average Bonchev–Trinajstić information content (AvgIpc) is 2.45. The van der Waals surface area contributed by atoms with Crippen molar-refractivity contribution in [1.82, 2.24) is 10.3 Å². The van der Waals surface area contributed by atoms with Gasteiger partial charge in [0.15, 0.2) is 0 Å². The molecule has 0 amide bonds. The van der Waals surface area contributed by atoms with E-state index in [4.69, 9.17) is 4.74 Å². The highest BCUT2D eigenvalue weighted by Gasteiger charge is 2.21. The zero-order valence-corrected chi connectivity index (χ0v) is 12.2. The van der Waals surface area contributed by atoms with Gasteiger partial charge >= 0.3 is 0 Å². The van der Waals surface area contributed by atoms with Crippen LogP contribution in [0.4, 0.5) is 5.69 Å². The van der Waals surface area contributed by atoms with E-state index in [1.165, 1.54) is 11.3 Å². The van der Waals surface area contributed by atoms with Crippen LogP contribution in [-0.4, -0.2) is 36.8 Å². The van der Waals surface area contributed by atoms with Gasteiger partial charge in [-0.2, -0.15) is 0 Å². The van der Waals surface area contributed by atoms with Gasteiger partial charge in [0.05, 0.1) is 24.6 Å². The first-order valence-electron chi connectivity index (χ1n) is 7.23. The van der Waals surface area contributed by atoms with E-state index in [0.717, 1.165) is 32.7 Å². The first kappa shape index (κ1) is 14.3. The van der Waals surface area contributed by atoms with E-state index in [2.05, 4.69) is 42.0 Å². The minimum Gasteiger partial charge on any atom is -0.375 e. The molecule has 0 radical (unpaired) electrons. The van der Waals surface area contributed by atoms with Crippen molar-refractivity contribution in [3.63, 3.8) is 0 Å². The first-order chi connectivity index (χ1) is 9.20. The van der Waals surface area contributed by atoms with Gasteiger partial charge in [-0.05, 0) is 18.1 Å². The molecule has 19 heavy (non-hydrogen) atoms. The SMILES string of the molecule is CCC1CN(c2cnccc2CNC(C)C)CCO1. The molecule has 1 fully saturated rings. The van der Waals surface area contributed by atoms with Gasteiger partial charge in [0.2, 0.25) is 0 Å². The van der Waals surface area contributed by atoms with Crippen molar-refractivity contribution in [2.45, 2.75) is 45.9 Å². The fraction of sp³-hybridized carbons (Fsp3) is 0.667. The summed E-state index contributed by atoms with van der Waals surface area (Å²) < 4.78 is 5.74. The van der Waals surface area contributed by atoms with Gasteiger partial charge < -0.3 is 15.0 Å². The van der Waals surface area contributed by atoms with Crippen LogP contribution in [0.5, 0.6) is 0 Å². The van der Waals surface area contributed by atoms with Crippen molar-refractivity contribution in [1.29, 1.82) is 0 Å². The molecular formula is C15H25N3O. The predicted molar refractivity (Wildman–Crippen MR) is 78.5 cm³/mol. The molecule has 1 aromatic rings. The number of morpholine rings is 1. The van der Waals surface area contributed by atoms with Crippen LogP contribution in [0.1, 0.15) is 32.8 Å². The third-order valence-corrected chi connectivity index (χ3v) is 3.52. The fourth-order valence-electron chi connectivity index (χ4n) is 2.35. The molecule has 4 nitrogen and oxygen atoms in total. The molecule has 1 aliphatic heterocycles. The minimum atomic E-state index is 0.347. The van der Waals surface area contributed by atoms with Crippen LogP contribution in [0, 0.1) is 0 Å². The molecule has 1 saturated heterocycles. The van der Waals surface area contributed by atoms with Crippen LogP contribution in [-0.2, 0) is 11.3 Å². The number of anilines is 1. The lowest BCUT2D eigenvalue weighted by Crippen LogP contribution is -2.42. The normalized spacial score (nSPS) is 20.0. The monoisotopic (exact) mass is 263 g/mol. The van der Waals surface area contributed by atoms with E-state index in [0.29, 0.717) is 12.1 Å². The van der Waals surface area contributed by atoms with Gasteiger partial charge in [-0.1, -0.05) is 20.8 Å². The summed E-state index contributed by atoms with van der Waals surface area (Å²) in [6.45, 7) is 10.1. The van der Waals surface area contributed by atoms with Crippen molar-refractivity contribution >= 4 is 5.69 Å². The second-order valence-corrected chi connectivity index (χ2v) is 5.39. The molecule has 1 aliphatic rings. The number of hydrogen-bond acceptors (Lipinski definition) is 4. The van der Waals surface area contributed by atoms with Crippen LogP contribution in [0.25, 0.3) is 0 Å². The molecule has 0 spiro atoms. The van der Waals surface area contributed by atoms with Crippen LogP contribution in [0.3, 0.4) is 0 Å². The summed E-state index contributed by atoms with van der Waals surface area (Å²) in [6, 6.07) is 2.61. The van der Waals surface area contributed by atoms with E-state index in [1.807, 2.05) is 12.4 Å². The second kappa shape index (κ2) is 6.87. The lowest BCUT2D eigenvalue weighted by Gasteiger charge is -2.35. The average molecular weight is 263 g/mol. The Morgan fingerprint density at radius 1 is 1.53 bits per heavy atom. The van der Waals surface area contributed by atoms with Gasteiger partial charge in [0.1, 0.15) is 0 Å². The lowest BCUT2D eigenvalue weighted by atomic mass is 10.1. The Morgan fingerprint density at radius 3 is 3.11 bits per heavy atom. The van der Waals surface area contributed by atoms with E-state index in [-0.39, 0.29) is 0 Å². The van der Waals surface area contributed by atoms with Crippen molar-refractivity contribution < 1.29 is 4.74 Å². The van der Waals surface area contributed by atoms with E-state index in [9.17, 15) is 0 Å². The van der Waals surface area contributed by atoms with Crippen molar-refractivity contribution in [3.8, 4) is 0 Å². The Hall–Kier alpha value is -1.13. The molecule has 0 bridgehead atoms. The van der Waals surface area contributed by atoms with Gasteiger partial charge in [-0.3, -0.25) is 4.98 Å². The summed E-state index contributed by atoms with van der Waals surface area (Å²) in [5.41, 5.74) is 2.57. The van der Waals surface area contributed by atoms with Crippen LogP contribution in [0.15, 0.2) is 18.5 Å². The number of hydrogen-bond donors (Lipinski definition) is 1. The predicted octanol–water partition coefficient (Wildman–Crippen LogP) is 2.19. The number of ether oxygens (including phenoxy) is 1. The standard InChI is InChI=1S/C15H25N3O/c1-4-14-11-18(7-8-19-14)15-10-16-6-5-13(15)9-17-12(2)3/h5-6,10,12,14,17H,4,7-9,11H2,1-3H3. The molecule has 1 unspecified atom stereocenters. The summed E-state index contributed by atoms with van der Waals surface area (Å²) in [5, 5.41) is 3.48. The molecule has 0 saturated carbocycles. The molecule has 1 N–H and O–H groups in total. The molecule has 2 rings (SSSR count). The van der Waals surface area contributed by atoms with E-state index in [1.54, 1.807) is 0 Å². The van der Waals surface area contributed by atoms with Gasteiger partial charge in [-0.15, -0.1) is 0 Å². The van der Waals surface area contributed by atoms with Gasteiger partial charge in [0.25, 0.3) is 0 Å². The molecule has 4 heteroatoms.